The van der Waals surface area contributed by atoms with Crippen LogP contribution in [0.1, 0.15) is 23.3 Å². The molecule has 0 aliphatic heterocycles. The predicted molar refractivity (Wildman–Crippen MR) is 48.3 cm³/mol. The van der Waals surface area contributed by atoms with Gasteiger partial charge in [0.1, 0.15) is 16.6 Å². The highest BCUT2D eigenvalue weighted by molar-refractivity contribution is 6.29. The summed E-state index contributed by atoms with van der Waals surface area (Å²) in [4.78, 5) is 14.4. The van der Waals surface area contributed by atoms with E-state index in [0.29, 0.717) is 17.2 Å². The van der Waals surface area contributed by atoms with Crippen LogP contribution in [0.25, 0.3) is 0 Å². The molecule has 0 radical (unpaired) electrons. The summed E-state index contributed by atoms with van der Waals surface area (Å²) in [7, 11) is 0. The van der Waals surface area contributed by atoms with E-state index in [1.54, 1.807) is 12.1 Å². The van der Waals surface area contributed by atoms with Crippen LogP contribution < -0.4 is 4.74 Å². The van der Waals surface area contributed by atoms with E-state index in [4.69, 9.17) is 16.3 Å². The Morgan fingerprint density at radius 3 is 2.92 bits per heavy atom. The first kappa shape index (κ1) is 8.51. The Labute approximate surface area is 80.7 Å². The highest BCUT2D eigenvalue weighted by atomic mass is 35.5. The van der Waals surface area contributed by atoms with Crippen molar-refractivity contribution in [3.05, 3.63) is 23.0 Å². The first-order valence-corrected chi connectivity index (χ1v) is 4.46. The van der Waals surface area contributed by atoms with E-state index in [-0.39, 0.29) is 11.8 Å². The third-order valence-corrected chi connectivity index (χ3v) is 1.99. The van der Waals surface area contributed by atoms with E-state index in [9.17, 15) is 4.79 Å². The zero-order valence-electron chi connectivity index (χ0n) is 6.87. The molecule has 0 aromatic carbocycles. The summed E-state index contributed by atoms with van der Waals surface area (Å²) in [5.41, 5.74) is 0.277. The summed E-state index contributed by atoms with van der Waals surface area (Å²) in [5.74, 6) is 0.530. The minimum Gasteiger partial charge on any atom is -0.488 e. The number of carbonyl (C=O) groups excluding carboxylic acids is 1. The average molecular weight is 198 g/mol. The molecule has 1 aromatic heterocycles. The Balaban J connectivity index is 2.25. The van der Waals surface area contributed by atoms with Crippen molar-refractivity contribution >= 4 is 17.9 Å². The Morgan fingerprint density at radius 1 is 1.54 bits per heavy atom. The van der Waals surface area contributed by atoms with Crippen molar-refractivity contribution in [2.45, 2.75) is 18.9 Å². The molecule has 13 heavy (non-hydrogen) atoms. The SMILES string of the molecule is O=Cc1nc(Cl)ccc1OC1CC1. The number of carbonyl (C=O) groups is 1. The van der Waals surface area contributed by atoms with Crippen molar-refractivity contribution in [1.29, 1.82) is 0 Å². The quantitative estimate of drug-likeness (QED) is 0.550. The molecular weight excluding hydrogens is 190 g/mol. The molecule has 0 unspecified atom stereocenters. The van der Waals surface area contributed by atoms with Crippen LogP contribution in [0, 0.1) is 0 Å². The van der Waals surface area contributed by atoms with Gasteiger partial charge in [-0.15, -0.1) is 0 Å². The highest BCUT2D eigenvalue weighted by Gasteiger charge is 2.24. The Hall–Kier alpha value is -1.09. The molecule has 1 fully saturated rings. The predicted octanol–water partition coefficient (Wildman–Crippen LogP) is 2.09. The molecule has 0 N–H and O–H groups in total. The van der Waals surface area contributed by atoms with Crippen LogP contribution >= 0.6 is 11.6 Å². The van der Waals surface area contributed by atoms with Gasteiger partial charge in [0.05, 0.1) is 6.10 Å². The molecule has 3 nitrogen and oxygen atoms in total. The summed E-state index contributed by atoms with van der Waals surface area (Å²) in [6, 6.07) is 3.30. The van der Waals surface area contributed by atoms with Gasteiger partial charge in [0.2, 0.25) is 0 Å². The molecule has 0 amide bonds. The summed E-state index contributed by atoms with van der Waals surface area (Å²) < 4.78 is 5.45. The minimum absolute atomic E-state index is 0.265. The zero-order valence-corrected chi connectivity index (χ0v) is 7.62. The van der Waals surface area contributed by atoms with E-state index in [1.165, 1.54) is 0 Å². The molecular formula is C9H8ClNO2. The highest BCUT2D eigenvalue weighted by Crippen LogP contribution is 2.28. The maximum absolute atomic E-state index is 10.6. The van der Waals surface area contributed by atoms with Crippen molar-refractivity contribution in [1.82, 2.24) is 4.98 Å². The number of aldehydes is 1. The van der Waals surface area contributed by atoms with E-state index in [0.717, 1.165) is 12.8 Å². The molecule has 1 aromatic rings. The molecule has 1 aliphatic carbocycles. The van der Waals surface area contributed by atoms with Crippen LogP contribution in [0.4, 0.5) is 0 Å². The van der Waals surface area contributed by atoms with Gasteiger partial charge in [-0.2, -0.15) is 0 Å². The number of hydrogen-bond acceptors (Lipinski definition) is 3. The largest absolute Gasteiger partial charge is 0.488 e. The Kier molecular flexibility index (Phi) is 2.19. The van der Waals surface area contributed by atoms with Crippen molar-refractivity contribution in [2.75, 3.05) is 0 Å². The lowest BCUT2D eigenvalue weighted by Gasteiger charge is -2.05. The molecule has 1 saturated carbocycles. The summed E-state index contributed by atoms with van der Waals surface area (Å²) >= 11 is 5.62. The van der Waals surface area contributed by atoms with Gasteiger partial charge >= 0.3 is 0 Å². The van der Waals surface area contributed by atoms with Crippen molar-refractivity contribution < 1.29 is 9.53 Å². The molecule has 0 saturated heterocycles. The first-order chi connectivity index (χ1) is 6.29. The van der Waals surface area contributed by atoms with Gasteiger partial charge < -0.3 is 4.74 Å². The van der Waals surface area contributed by atoms with Crippen LogP contribution in [0.3, 0.4) is 0 Å². The van der Waals surface area contributed by atoms with Gasteiger partial charge in [0.15, 0.2) is 6.29 Å². The van der Waals surface area contributed by atoms with Gasteiger partial charge in [-0.05, 0) is 25.0 Å². The number of rotatable bonds is 3. The number of halogens is 1. The monoisotopic (exact) mass is 197 g/mol. The number of hydrogen-bond donors (Lipinski definition) is 0. The summed E-state index contributed by atoms with van der Waals surface area (Å²) in [5, 5.41) is 0.310. The van der Waals surface area contributed by atoms with Crippen molar-refractivity contribution in [3.8, 4) is 5.75 Å². The Morgan fingerprint density at radius 2 is 2.31 bits per heavy atom. The standard InChI is InChI=1S/C9H8ClNO2/c10-9-4-3-8(7(5-12)11-9)13-6-1-2-6/h3-6H,1-2H2. The van der Waals surface area contributed by atoms with Crippen LogP contribution in [-0.2, 0) is 0 Å². The lowest BCUT2D eigenvalue weighted by Crippen LogP contribution is -2.00. The second-order valence-electron chi connectivity index (χ2n) is 2.95. The number of pyridine rings is 1. The van der Waals surface area contributed by atoms with Crippen molar-refractivity contribution in [2.24, 2.45) is 0 Å². The average Bonchev–Trinajstić information content (AvgIpc) is 2.92. The van der Waals surface area contributed by atoms with Crippen LogP contribution in [-0.4, -0.2) is 17.4 Å². The number of ether oxygens (including phenoxy) is 1. The van der Waals surface area contributed by atoms with E-state index >= 15 is 0 Å². The smallest absolute Gasteiger partial charge is 0.172 e. The van der Waals surface area contributed by atoms with Gasteiger partial charge in [-0.1, -0.05) is 11.6 Å². The Bertz CT molecular complexity index is 336. The summed E-state index contributed by atoms with van der Waals surface area (Å²) in [6.45, 7) is 0. The topological polar surface area (TPSA) is 39.2 Å². The molecule has 4 heteroatoms. The van der Waals surface area contributed by atoms with Crippen molar-refractivity contribution in [3.63, 3.8) is 0 Å². The fourth-order valence-electron chi connectivity index (χ4n) is 0.987. The second-order valence-corrected chi connectivity index (χ2v) is 3.34. The second kappa shape index (κ2) is 3.34. The van der Waals surface area contributed by atoms with Crippen LogP contribution in [0.2, 0.25) is 5.15 Å². The van der Waals surface area contributed by atoms with Crippen LogP contribution in [0.5, 0.6) is 5.75 Å². The van der Waals surface area contributed by atoms with Gasteiger partial charge in [0.25, 0.3) is 0 Å². The van der Waals surface area contributed by atoms with Crippen LogP contribution in [0.15, 0.2) is 12.1 Å². The third kappa shape index (κ3) is 1.98. The first-order valence-electron chi connectivity index (χ1n) is 4.08. The van der Waals surface area contributed by atoms with Gasteiger partial charge in [-0.25, -0.2) is 4.98 Å². The molecule has 0 bridgehead atoms. The molecule has 68 valence electrons. The number of aromatic nitrogens is 1. The lowest BCUT2D eigenvalue weighted by atomic mass is 10.3. The number of nitrogens with zero attached hydrogens (tertiary/aromatic N) is 1. The molecule has 1 aliphatic rings. The molecule has 0 atom stereocenters. The maximum atomic E-state index is 10.6. The van der Waals surface area contributed by atoms with E-state index in [1.807, 2.05) is 0 Å². The van der Waals surface area contributed by atoms with Gasteiger partial charge in [0, 0.05) is 0 Å². The lowest BCUT2D eigenvalue weighted by molar-refractivity contribution is 0.111. The van der Waals surface area contributed by atoms with E-state index < -0.39 is 0 Å². The molecule has 2 rings (SSSR count). The normalized spacial score (nSPS) is 15.5. The minimum atomic E-state index is 0.265. The third-order valence-electron chi connectivity index (χ3n) is 1.78. The fourth-order valence-corrected chi connectivity index (χ4v) is 1.14. The summed E-state index contributed by atoms with van der Waals surface area (Å²) in [6.07, 6.45) is 3.03. The maximum Gasteiger partial charge on any atom is 0.172 e. The zero-order chi connectivity index (χ0) is 9.26. The van der Waals surface area contributed by atoms with Gasteiger partial charge in [-0.3, -0.25) is 4.79 Å². The fraction of sp³-hybridized carbons (Fsp3) is 0.333. The van der Waals surface area contributed by atoms with E-state index in [2.05, 4.69) is 4.98 Å². The molecule has 0 spiro atoms. The molecule has 1 heterocycles.